The third kappa shape index (κ3) is 2.87. The molecule has 0 saturated carbocycles. The lowest BCUT2D eigenvalue weighted by Gasteiger charge is -2.30. The number of carbonyl (C=O) groups excluding carboxylic acids is 1. The topological polar surface area (TPSA) is 40.5 Å². The zero-order chi connectivity index (χ0) is 12.4. The highest BCUT2D eigenvalue weighted by atomic mass is 79.9. The van der Waals surface area contributed by atoms with Crippen molar-refractivity contribution < 1.29 is 9.90 Å². The molecule has 1 saturated heterocycles. The molecule has 1 amide bonds. The fraction of sp³-hybridized carbons (Fsp3) is 0.462. The van der Waals surface area contributed by atoms with Crippen LogP contribution >= 0.6 is 15.9 Å². The van der Waals surface area contributed by atoms with Crippen LogP contribution in [-0.4, -0.2) is 35.1 Å². The van der Waals surface area contributed by atoms with E-state index in [1.165, 1.54) is 0 Å². The second kappa shape index (κ2) is 5.19. The quantitative estimate of drug-likeness (QED) is 0.864. The standard InChI is InChI=1S/C13H16BrNO2/c1-9-2-3-12(14)11(8-9)13(17)15-6-4-10(16)5-7-15/h2-3,8,10,16H,4-7H2,1H3. The minimum Gasteiger partial charge on any atom is -0.393 e. The fourth-order valence-electron chi connectivity index (χ4n) is 2.04. The molecule has 92 valence electrons. The molecular formula is C13H16BrNO2. The third-order valence-electron chi connectivity index (χ3n) is 3.10. The molecule has 0 bridgehead atoms. The van der Waals surface area contributed by atoms with Crippen LogP contribution in [0.4, 0.5) is 0 Å². The molecular weight excluding hydrogens is 282 g/mol. The summed E-state index contributed by atoms with van der Waals surface area (Å²) in [6.07, 6.45) is 1.10. The summed E-state index contributed by atoms with van der Waals surface area (Å²) in [4.78, 5) is 14.1. The van der Waals surface area contributed by atoms with Gasteiger partial charge in [0.2, 0.25) is 0 Å². The summed E-state index contributed by atoms with van der Waals surface area (Å²) >= 11 is 3.41. The van der Waals surface area contributed by atoms with E-state index in [9.17, 15) is 9.90 Å². The van der Waals surface area contributed by atoms with E-state index in [4.69, 9.17) is 0 Å². The summed E-state index contributed by atoms with van der Waals surface area (Å²) in [6.45, 7) is 3.25. The van der Waals surface area contributed by atoms with Gasteiger partial charge in [0.25, 0.3) is 5.91 Å². The van der Waals surface area contributed by atoms with E-state index in [1.807, 2.05) is 30.0 Å². The average Bonchev–Trinajstić information content (AvgIpc) is 2.32. The molecule has 1 N–H and O–H groups in total. The zero-order valence-electron chi connectivity index (χ0n) is 9.82. The summed E-state index contributed by atoms with van der Waals surface area (Å²) in [5, 5.41) is 9.43. The maximum atomic E-state index is 12.3. The number of nitrogens with zero attached hydrogens (tertiary/aromatic N) is 1. The smallest absolute Gasteiger partial charge is 0.255 e. The second-order valence-electron chi connectivity index (χ2n) is 4.51. The van der Waals surface area contributed by atoms with Crippen molar-refractivity contribution in [2.45, 2.75) is 25.9 Å². The van der Waals surface area contributed by atoms with Gasteiger partial charge in [0.05, 0.1) is 11.7 Å². The Hall–Kier alpha value is -0.870. The number of rotatable bonds is 1. The summed E-state index contributed by atoms with van der Waals surface area (Å²) in [5.41, 5.74) is 1.79. The Balaban J connectivity index is 2.16. The van der Waals surface area contributed by atoms with Crippen LogP contribution in [0.5, 0.6) is 0 Å². The number of hydrogen-bond acceptors (Lipinski definition) is 2. The molecule has 3 nitrogen and oxygen atoms in total. The van der Waals surface area contributed by atoms with Crippen LogP contribution < -0.4 is 0 Å². The van der Waals surface area contributed by atoms with Crippen molar-refractivity contribution in [3.63, 3.8) is 0 Å². The number of benzene rings is 1. The van der Waals surface area contributed by atoms with Crippen molar-refractivity contribution in [1.29, 1.82) is 0 Å². The first-order valence-corrected chi connectivity index (χ1v) is 6.60. The van der Waals surface area contributed by atoms with Crippen LogP contribution in [0.2, 0.25) is 0 Å². The average molecular weight is 298 g/mol. The lowest BCUT2D eigenvalue weighted by Crippen LogP contribution is -2.40. The van der Waals surface area contributed by atoms with Crippen molar-refractivity contribution >= 4 is 21.8 Å². The fourth-order valence-corrected chi connectivity index (χ4v) is 2.46. The van der Waals surface area contributed by atoms with E-state index >= 15 is 0 Å². The number of halogens is 1. The Kier molecular flexibility index (Phi) is 3.84. The molecule has 0 radical (unpaired) electrons. The number of carbonyl (C=O) groups is 1. The highest BCUT2D eigenvalue weighted by Gasteiger charge is 2.23. The van der Waals surface area contributed by atoms with Gasteiger partial charge in [-0.3, -0.25) is 4.79 Å². The molecule has 2 rings (SSSR count). The van der Waals surface area contributed by atoms with Gasteiger partial charge in [-0.2, -0.15) is 0 Å². The van der Waals surface area contributed by atoms with Crippen molar-refractivity contribution in [1.82, 2.24) is 4.90 Å². The van der Waals surface area contributed by atoms with E-state index in [1.54, 1.807) is 0 Å². The number of aliphatic hydroxyl groups excluding tert-OH is 1. The van der Waals surface area contributed by atoms with Crippen molar-refractivity contribution in [3.8, 4) is 0 Å². The summed E-state index contributed by atoms with van der Waals surface area (Å²) < 4.78 is 0.833. The Bertz CT molecular complexity index is 425. The number of aryl methyl sites for hydroxylation is 1. The Morgan fingerprint density at radius 1 is 1.41 bits per heavy atom. The van der Waals surface area contributed by atoms with Gasteiger partial charge < -0.3 is 10.0 Å². The van der Waals surface area contributed by atoms with E-state index in [0.29, 0.717) is 31.5 Å². The van der Waals surface area contributed by atoms with Crippen molar-refractivity contribution in [2.75, 3.05) is 13.1 Å². The van der Waals surface area contributed by atoms with Gasteiger partial charge in [0, 0.05) is 17.6 Å². The summed E-state index contributed by atoms with van der Waals surface area (Å²) in [6, 6.07) is 5.78. The predicted octanol–water partition coefficient (Wildman–Crippen LogP) is 2.35. The van der Waals surface area contributed by atoms with Crippen LogP contribution in [0.25, 0.3) is 0 Å². The predicted molar refractivity (Wildman–Crippen MR) is 70.0 cm³/mol. The molecule has 0 spiro atoms. The van der Waals surface area contributed by atoms with Crippen LogP contribution in [0.15, 0.2) is 22.7 Å². The van der Waals surface area contributed by atoms with Crippen LogP contribution in [0.1, 0.15) is 28.8 Å². The van der Waals surface area contributed by atoms with Gasteiger partial charge in [0.15, 0.2) is 0 Å². The lowest BCUT2D eigenvalue weighted by molar-refractivity contribution is 0.0545. The van der Waals surface area contributed by atoms with Gasteiger partial charge in [0.1, 0.15) is 0 Å². The zero-order valence-corrected chi connectivity index (χ0v) is 11.4. The van der Waals surface area contributed by atoms with Crippen LogP contribution in [0.3, 0.4) is 0 Å². The maximum absolute atomic E-state index is 12.3. The SMILES string of the molecule is Cc1ccc(Br)c(C(=O)N2CCC(O)CC2)c1. The van der Waals surface area contributed by atoms with Gasteiger partial charge in [-0.05, 0) is 47.8 Å². The summed E-state index contributed by atoms with van der Waals surface area (Å²) in [5.74, 6) is 0.0486. The molecule has 1 aliphatic heterocycles. The Morgan fingerprint density at radius 2 is 2.06 bits per heavy atom. The van der Waals surface area contributed by atoms with Gasteiger partial charge in [-0.25, -0.2) is 0 Å². The number of amides is 1. The largest absolute Gasteiger partial charge is 0.393 e. The molecule has 1 aliphatic rings. The van der Waals surface area contributed by atoms with E-state index in [0.717, 1.165) is 10.0 Å². The molecule has 17 heavy (non-hydrogen) atoms. The van der Waals surface area contributed by atoms with Crippen molar-refractivity contribution in [2.24, 2.45) is 0 Å². The van der Waals surface area contributed by atoms with Gasteiger partial charge >= 0.3 is 0 Å². The first-order valence-electron chi connectivity index (χ1n) is 5.81. The first kappa shape index (κ1) is 12.6. The summed E-state index contributed by atoms with van der Waals surface area (Å²) in [7, 11) is 0. The Morgan fingerprint density at radius 3 is 2.71 bits per heavy atom. The molecule has 0 aliphatic carbocycles. The number of hydrogen-bond donors (Lipinski definition) is 1. The van der Waals surface area contributed by atoms with Crippen LogP contribution in [-0.2, 0) is 0 Å². The highest BCUT2D eigenvalue weighted by molar-refractivity contribution is 9.10. The van der Waals surface area contributed by atoms with Gasteiger partial charge in [-0.1, -0.05) is 11.6 Å². The molecule has 1 aromatic rings. The first-order chi connectivity index (χ1) is 8.08. The maximum Gasteiger partial charge on any atom is 0.255 e. The monoisotopic (exact) mass is 297 g/mol. The number of likely N-dealkylation sites (tertiary alicyclic amines) is 1. The molecule has 1 fully saturated rings. The molecule has 0 atom stereocenters. The molecule has 0 aromatic heterocycles. The minimum absolute atomic E-state index is 0.0486. The van der Waals surface area contributed by atoms with Crippen LogP contribution in [0, 0.1) is 6.92 Å². The lowest BCUT2D eigenvalue weighted by atomic mass is 10.1. The minimum atomic E-state index is -0.250. The van der Waals surface area contributed by atoms with E-state index < -0.39 is 0 Å². The molecule has 1 aromatic carbocycles. The molecule has 1 heterocycles. The number of piperidine rings is 1. The number of aliphatic hydroxyl groups is 1. The Labute approximate surface area is 110 Å². The highest BCUT2D eigenvalue weighted by Crippen LogP contribution is 2.21. The molecule has 0 unspecified atom stereocenters. The van der Waals surface area contributed by atoms with Gasteiger partial charge in [-0.15, -0.1) is 0 Å². The van der Waals surface area contributed by atoms with E-state index in [-0.39, 0.29) is 12.0 Å². The molecule has 4 heteroatoms. The third-order valence-corrected chi connectivity index (χ3v) is 3.80. The second-order valence-corrected chi connectivity index (χ2v) is 5.36. The normalized spacial score (nSPS) is 17.2. The van der Waals surface area contributed by atoms with E-state index in [2.05, 4.69) is 15.9 Å². The van der Waals surface area contributed by atoms with Crippen molar-refractivity contribution in [3.05, 3.63) is 33.8 Å².